The lowest BCUT2D eigenvalue weighted by atomic mass is 10.1. The van der Waals surface area contributed by atoms with E-state index in [1.807, 2.05) is 74.4 Å². The van der Waals surface area contributed by atoms with Crippen LogP contribution in [0.4, 0.5) is 11.4 Å². The standard InChI is InChI=1S/C28H31ClN6O2.ClH/c1-30-25(34(3)4)18-7-12-21(13-8-18)32-27(36)20-11-16-23(24(29)17-20)28(37)33-22-14-9-19(10-15-22)26(31-2)35(5)6;/h7-17H,1-6H3,(H,32,36)(H,33,37);1H. The first kappa shape index (κ1) is 30.3. The number of amides is 2. The van der Waals surface area contributed by atoms with E-state index in [2.05, 4.69) is 20.6 Å². The van der Waals surface area contributed by atoms with Crippen LogP contribution in [0.3, 0.4) is 0 Å². The van der Waals surface area contributed by atoms with Crippen LogP contribution in [0.25, 0.3) is 0 Å². The molecular formula is C28H32Cl2N6O2. The lowest BCUT2D eigenvalue weighted by Gasteiger charge is -2.16. The lowest BCUT2D eigenvalue weighted by Crippen LogP contribution is -2.23. The Balaban J connectivity index is 0.00000507. The Morgan fingerprint density at radius 1 is 0.658 bits per heavy atom. The van der Waals surface area contributed by atoms with Crippen LogP contribution < -0.4 is 10.6 Å². The van der Waals surface area contributed by atoms with Gasteiger partial charge in [0.25, 0.3) is 11.8 Å². The van der Waals surface area contributed by atoms with Gasteiger partial charge in [-0.2, -0.15) is 0 Å². The number of aliphatic imine (C=N–C) groups is 2. The summed E-state index contributed by atoms with van der Waals surface area (Å²) in [6.45, 7) is 0. The number of nitrogens with one attached hydrogen (secondary N) is 2. The number of hydrogen-bond donors (Lipinski definition) is 2. The normalized spacial score (nSPS) is 11.3. The molecule has 2 N–H and O–H groups in total. The Kier molecular flexibility index (Phi) is 10.9. The molecule has 0 radical (unpaired) electrons. The maximum Gasteiger partial charge on any atom is 0.257 e. The number of hydrogen-bond acceptors (Lipinski definition) is 4. The third-order valence-electron chi connectivity index (χ3n) is 5.55. The van der Waals surface area contributed by atoms with Crippen molar-refractivity contribution in [1.82, 2.24) is 9.80 Å². The predicted molar refractivity (Wildman–Crippen MR) is 160 cm³/mol. The first-order chi connectivity index (χ1) is 17.6. The van der Waals surface area contributed by atoms with Gasteiger partial charge in [0.15, 0.2) is 0 Å². The summed E-state index contributed by atoms with van der Waals surface area (Å²) in [5, 5.41) is 5.87. The molecule has 0 aliphatic rings. The van der Waals surface area contributed by atoms with E-state index in [0.717, 1.165) is 22.8 Å². The van der Waals surface area contributed by atoms with E-state index in [1.165, 1.54) is 6.07 Å². The number of halogens is 2. The molecule has 0 bridgehead atoms. The highest BCUT2D eigenvalue weighted by atomic mass is 35.5. The average Bonchev–Trinajstić information content (AvgIpc) is 2.86. The molecule has 3 rings (SSSR count). The molecular weight excluding hydrogens is 523 g/mol. The van der Waals surface area contributed by atoms with Gasteiger partial charge in [-0.3, -0.25) is 19.6 Å². The zero-order valence-corrected chi connectivity index (χ0v) is 23.8. The Bertz CT molecular complexity index is 1330. The van der Waals surface area contributed by atoms with Gasteiger partial charge in [-0.05, 0) is 66.7 Å². The lowest BCUT2D eigenvalue weighted by molar-refractivity contribution is 0.101. The van der Waals surface area contributed by atoms with Crippen LogP contribution >= 0.6 is 24.0 Å². The fraction of sp³-hybridized carbons (Fsp3) is 0.214. The second-order valence-corrected chi connectivity index (χ2v) is 9.05. The molecule has 2 amide bonds. The van der Waals surface area contributed by atoms with Gasteiger partial charge in [-0.1, -0.05) is 11.6 Å². The van der Waals surface area contributed by atoms with E-state index in [1.54, 1.807) is 38.4 Å². The highest BCUT2D eigenvalue weighted by molar-refractivity contribution is 6.35. The largest absolute Gasteiger partial charge is 0.363 e. The SMILES string of the molecule is CN=C(c1ccc(NC(=O)c2ccc(C(=O)Nc3ccc(C(=NC)N(C)C)cc3)c(Cl)c2)cc1)N(C)C.Cl. The number of amidine groups is 2. The van der Waals surface area contributed by atoms with Crippen LogP contribution in [0, 0.1) is 0 Å². The van der Waals surface area contributed by atoms with Gasteiger partial charge in [0.05, 0.1) is 10.6 Å². The summed E-state index contributed by atoms with van der Waals surface area (Å²) in [6, 6.07) is 19.4. The molecule has 200 valence electrons. The fourth-order valence-corrected chi connectivity index (χ4v) is 4.09. The first-order valence-corrected chi connectivity index (χ1v) is 11.9. The van der Waals surface area contributed by atoms with E-state index in [-0.39, 0.29) is 34.8 Å². The molecule has 3 aromatic rings. The monoisotopic (exact) mass is 554 g/mol. The molecule has 0 heterocycles. The Labute approximate surface area is 234 Å². The Morgan fingerprint density at radius 2 is 1.05 bits per heavy atom. The van der Waals surface area contributed by atoms with Crippen molar-refractivity contribution in [1.29, 1.82) is 0 Å². The van der Waals surface area contributed by atoms with Crippen LogP contribution in [0.2, 0.25) is 5.02 Å². The average molecular weight is 556 g/mol. The summed E-state index contributed by atoms with van der Waals surface area (Å²) in [6.07, 6.45) is 0. The third kappa shape index (κ3) is 7.34. The van der Waals surface area contributed by atoms with Gasteiger partial charge in [0.1, 0.15) is 11.7 Å². The van der Waals surface area contributed by atoms with Crippen LogP contribution in [-0.2, 0) is 0 Å². The first-order valence-electron chi connectivity index (χ1n) is 11.6. The summed E-state index contributed by atoms with van der Waals surface area (Å²) in [4.78, 5) is 38.0. The topological polar surface area (TPSA) is 89.4 Å². The zero-order valence-electron chi connectivity index (χ0n) is 22.2. The second kappa shape index (κ2) is 13.6. The molecule has 0 aromatic heterocycles. The van der Waals surface area contributed by atoms with Gasteiger partial charge in [0, 0.05) is 70.4 Å². The summed E-state index contributed by atoms with van der Waals surface area (Å²) >= 11 is 6.38. The minimum atomic E-state index is -0.369. The van der Waals surface area contributed by atoms with Crippen molar-refractivity contribution < 1.29 is 9.59 Å². The quantitative estimate of drug-likeness (QED) is 0.326. The smallest absolute Gasteiger partial charge is 0.257 e. The van der Waals surface area contributed by atoms with Crippen LogP contribution in [0.5, 0.6) is 0 Å². The predicted octanol–water partition coefficient (Wildman–Crippen LogP) is 5.14. The molecule has 0 unspecified atom stereocenters. The number of rotatable bonds is 6. The van der Waals surface area contributed by atoms with Crippen molar-refractivity contribution >= 4 is 58.9 Å². The van der Waals surface area contributed by atoms with Gasteiger partial charge in [-0.25, -0.2) is 0 Å². The highest BCUT2D eigenvalue weighted by Gasteiger charge is 2.15. The van der Waals surface area contributed by atoms with Crippen LogP contribution in [0.15, 0.2) is 76.7 Å². The van der Waals surface area contributed by atoms with E-state index >= 15 is 0 Å². The number of carbonyl (C=O) groups is 2. The Hall–Kier alpha value is -3.88. The van der Waals surface area contributed by atoms with Gasteiger partial charge in [0.2, 0.25) is 0 Å². The molecule has 38 heavy (non-hydrogen) atoms. The number of nitrogens with zero attached hydrogens (tertiary/aromatic N) is 4. The zero-order chi connectivity index (χ0) is 27.1. The van der Waals surface area contributed by atoms with E-state index in [4.69, 9.17) is 11.6 Å². The summed E-state index contributed by atoms with van der Waals surface area (Å²) in [5.41, 5.74) is 3.74. The molecule has 0 saturated carbocycles. The molecule has 0 spiro atoms. The van der Waals surface area contributed by atoms with E-state index < -0.39 is 0 Å². The van der Waals surface area contributed by atoms with Crippen molar-refractivity contribution in [3.8, 4) is 0 Å². The van der Waals surface area contributed by atoms with Crippen LogP contribution in [0.1, 0.15) is 31.8 Å². The summed E-state index contributed by atoms with van der Waals surface area (Å²) in [7, 11) is 11.1. The van der Waals surface area contributed by atoms with E-state index in [0.29, 0.717) is 16.9 Å². The van der Waals surface area contributed by atoms with Crippen molar-refractivity contribution in [2.45, 2.75) is 0 Å². The minimum Gasteiger partial charge on any atom is -0.363 e. The van der Waals surface area contributed by atoms with E-state index in [9.17, 15) is 9.59 Å². The highest BCUT2D eigenvalue weighted by Crippen LogP contribution is 2.21. The summed E-state index contributed by atoms with van der Waals surface area (Å²) < 4.78 is 0. The molecule has 0 aliphatic carbocycles. The van der Waals surface area contributed by atoms with Crippen LogP contribution in [-0.4, -0.2) is 75.6 Å². The molecule has 0 atom stereocenters. The van der Waals surface area contributed by atoms with Gasteiger partial charge >= 0.3 is 0 Å². The number of anilines is 2. The molecule has 8 nitrogen and oxygen atoms in total. The number of benzene rings is 3. The molecule has 0 fully saturated rings. The molecule has 0 aliphatic heterocycles. The van der Waals surface area contributed by atoms with Crippen molar-refractivity contribution in [2.24, 2.45) is 9.98 Å². The fourth-order valence-electron chi connectivity index (χ4n) is 3.82. The maximum absolute atomic E-state index is 12.8. The molecule has 10 heteroatoms. The summed E-state index contributed by atoms with van der Waals surface area (Å²) in [5.74, 6) is 0.969. The number of carbonyl (C=O) groups excluding carboxylic acids is 2. The minimum absolute atomic E-state index is 0. The maximum atomic E-state index is 12.8. The van der Waals surface area contributed by atoms with Crippen molar-refractivity contribution in [3.63, 3.8) is 0 Å². The molecule has 0 saturated heterocycles. The van der Waals surface area contributed by atoms with Crippen molar-refractivity contribution in [3.05, 3.63) is 94.0 Å². The van der Waals surface area contributed by atoms with Crippen molar-refractivity contribution in [2.75, 3.05) is 52.9 Å². The third-order valence-corrected chi connectivity index (χ3v) is 5.86. The Morgan fingerprint density at radius 3 is 1.42 bits per heavy atom. The second-order valence-electron chi connectivity index (χ2n) is 8.64. The van der Waals surface area contributed by atoms with Gasteiger partial charge in [-0.15, -0.1) is 12.4 Å². The van der Waals surface area contributed by atoms with Gasteiger partial charge < -0.3 is 20.4 Å². The molecule has 3 aromatic carbocycles.